The van der Waals surface area contributed by atoms with Crippen LogP contribution in [0.5, 0.6) is 0 Å². The van der Waals surface area contributed by atoms with Crippen LogP contribution in [0.1, 0.15) is 29.8 Å². The molecule has 0 fully saturated rings. The zero-order valence-corrected chi connectivity index (χ0v) is 17.8. The second-order valence-electron chi connectivity index (χ2n) is 7.17. The highest BCUT2D eigenvalue weighted by molar-refractivity contribution is 6.02. The summed E-state index contributed by atoms with van der Waals surface area (Å²) in [4.78, 5) is 28.7. The predicted molar refractivity (Wildman–Crippen MR) is 118 cm³/mol. The highest BCUT2D eigenvalue weighted by Crippen LogP contribution is 2.25. The van der Waals surface area contributed by atoms with Crippen molar-refractivity contribution in [2.45, 2.75) is 20.4 Å². The second-order valence-corrected chi connectivity index (χ2v) is 7.17. The maximum Gasteiger partial charge on any atom is 0.254 e. The third-order valence-electron chi connectivity index (χ3n) is 5.16. The lowest BCUT2D eigenvalue weighted by Gasteiger charge is -2.24. The topological polar surface area (TPSA) is 58.4 Å². The van der Waals surface area contributed by atoms with Crippen molar-refractivity contribution in [1.82, 2.24) is 19.6 Å². The lowest BCUT2D eigenvalue weighted by atomic mass is 9.98. The summed E-state index contributed by atoms with van der Waals surface area (Å²) in [7, 11) is 1.67. The Morgan fingerprint density at radius 3 is 2.30 bits per heavy atom. The summed E-state index contributed by atoms with van der Waals surface area (Å²) in [6, 6.07) is 17.6. The number of amides is 2. The number of carbonyl (C=O) groups is 2. The third kappa shape index (κ3) is 4.95. The summed E-state index contributed by atoms with van der Waals surface area (Å²) in [5, 5.41) is 4.23. The van der Waals surface area contributed by atoms with Gasteiger partial charge in [0, 0.05) is 38.1 Å². The molecule has 3 aromatic rings. The van der Waals surface area contributed by atoms with Crippen LogP contribution in [0.2, 0.25) is 0 Å². The molecule has 0 saturated heterocycles. The number of carbonyl (C=O) groups excluding carboxylic acids is 2. The molecule has 0 N–H and O–H groups in total. The molecule has 6 nitrogen and oxygen atoms in total. The molecule has 2 aromatic carbocycles. The molecular weight excluding hydrogens is 376 g/mol. The molecule has 0 spiro atoms. The molecule has 0 unspecified atom stereocenters. The number of nitrogens with zero attached hydrogens (tertiary/aromatic N) is 4. The van der Waals surface area contributed by atoms with E-state index >= 15 is 0 Å². The Morgan fingerprint density at radius 2 is 1.67 bits per heavy atom. The first-order chi connectivity index (χ1) is 14.5. The van der Waals surface area contributed by atoms with Gasteiger partial charge in [0.15, 0.2) is 0 Å². The van der Waals surface area contributed by atoms with Gasteiger partial charge in [0.2, 0.25) is 5.91 Å². The number of rotatable bonds is 8. The molecule has 0 saturated carbocycles. The Morgan fingerprint density at radius 1 is 0.967 bits per heavy atom. The average molecular weight is 405 g/mol. The van der Waals surface area contributed by atoms with Gasteiger partial charge in [0.25, 0.3) is 5.91 Å². The van der Waals surface area contributed by atoms with E-state index in [1.807, 2.05) is 79.3 Å². The van der Waals surface area contributed by atoms with E-state index in [1.165, 1.54) is 4.90 Å². The van der Waals surface area contributed by atoms with E-state index in [1.54, 1.807) is 18.1 Å². The van der Waals surface area contributed by atoms with E-state index in [-0.39, 0.29) is 18.4 Å². The first-order valence-electron chi connectivity index (χ1n) is 10.2. The lowest BCUT2D eigenvalue weighted by Crippen LogP contribution is -2.41. The molecule has 0 atom stereocenters. The molecule has 0 radical (unpaired) electrons. The van der Waals surface area contributed by atoms with Crippen LogP contribution in [0, 0.1) is 0 Å². The molecule has 3 rings (SSSR count). The fraction of sp³-hybridized carbons (Fsp3) is 0.292. The van der Waals surface area contributed by atoms with Gasteiger partial charge >= 0.3 is 0 Å². The summed E-state index contributed by atoms with van der Waals surface area (Å²) < 4.78 is 1.87. The second kappa shape index (κ2) is 9.87. The third-order valence-corrected chi connectivity index (χ3v) is 5.16. The minimum Gasteiger partial charge on any atom is -0.342 e. The molecule has 0 aliphatic carbocycles. The molecule has 1 heterocycles. The molecule has 0 aliphatic rings. The van der Waals surface area contributed by atoms with Gasteiger partial charge < -0.3 is 9.80 Å². The molecule has 0 bridgehead atoms. The normalized spacial score (nSPS) is 10.6. The maximum atomic E-state index is 13.1. The van der Waals surface area contributed by atoms with Crippen molar-refractivity contribution in [3.05, 3.63) is 78.1 Å². The summed E-state index contributed by atoms with van der Waals surface area (Å²) in [6.07, 6.45) is 3.69. The molecule has 2 amide bonds. The zero-order chi connectivity index (χ0) is 21.5. The van der Waals surface area contributed by atoms with Gasteiger partial charge in [-0.3, -0.25) is 14.3 Å². The van der Waals surface area contributed by atoms with Crippen LogP contribution in [0.15, 0.2) is 67.0 Å². The van der Waals surface area contributed by atoms with E-state index in [0.29, 0.717) is 25.2 Å². The summed E-state index contributed by atoms with van der Waals surface area (Å²) in [5.41, 5.74) is 3.54. The van der Waals surface area contributed by atoms with Gasteiger partial charge in [-0.05, 0) is 42.7 Å². The minimum atomic E-state index is -0.160. The number of aromatic nitrogens is 2. The summed E-state index contributed by atoms with van der Waals surface area (Å²) in [6.45, 7) is 5.92. The van der Waals surface area contributed by atoms with E-state index in [2.05, 4.69) is 5.10 Å². The van der Waals surface area contributed by atoms with Crippen LogP contribution in [0.4, 0.5) is 0 Å². The minimum absolute atomic E-state index is 0.0451. The van der Waals surface area contributed by atoms with Crippen LogP contribution >= 0.6 is 0 Å². The van der Waals surface area contributed by atoms with Crippen LogP contribution in [-0.2, 0) is 11.3 Å². The molecule has 30 heavy (non-hydrogen) atoms. The molecule has 1 aromatic heterocycles. The largest absolute Gasteiger partial charge is 0.342 e. The van der Waals surface area contributed by atoms with Gasteiger partial charge in [0.05, 0.1) is 13.1 Å². The van der Waals surface area contributed by atoms with E-state index < -0.39 is 0 Å². The predicted octanol–water partition coefficient (Wildman–Crippen LogP) is 3.54. The van der Waals surface area contributed by atoms with Crippen molar-refractivity contribution in [3.8, 4) is 11.1 Å². The van der Waals surface area contributed by atoms with Gasteiger partial charge in [0.1, 0.15) is 0 Å². The standard InChI is InChI=1S/C24H28N4O2/c1-4-27(5-2)23(29)18-26(3)24(30)22-10-7-6-9-21(22)20-13-11-19(12-14-20)17-28-16-8-15-25-28/h6-16H,4-5,17-18H2,1-3H3. The molecule has 0 aliphatic heterocycles. The van der Waals surface area contributed by atoms with Crippen molar-refractivity contribution in [2.24, 2.45) is 0 Å². The van der Waals surface area contributed by atoms with Gasteiger partial charge in [-0.1, -0.05) is 42.5 Å². The zero-order valence-electron chi connectivity index (χ0n) is 17.8. The Balaban J connectivity index is 1.78. The fourth-order valence-electron chi connectivity index (χ4n) is 3.45. The summed E-state index contributed by atoms with van der Waals surface area (Å²) >= 11 is 0. The summed E-state index contributed by atoms with van der Waals surface area (Å²) in [5.74, 6) is -0.206. The van der Waals surface area contributed by atoms with E-state index in [4.69, 9.17) is 0 Å². The van der Waals surface area contributed by atoms with Crippen LogP contribution in [0.25, 0.3) is 11.1 Å². The van der Waals surface area contributed by atoms with Crippen LogP contribution in [-0.4, -0.2) is 58.1 Å². The smallest absolute Gasteiger partial charge is 0.254 e. The Hall–Kier alpha value is -3.41. The molecule has 6 heteroatoms. The van der Waals surface area contributed by atoms with Crippen molar-refractivity contribution in [2.75, 3.05) is 26.7 Å². The molecule has 156 valence electrons. The number of likely N-dealkylation sites (N-methyl/N-ethyl adjacent to an activating group) is 2. The van der Waals surface area contributed by atoms with Crippen LogP contribution < -0.4 is 0 Å². The Kier molecular flexibility index (Phi) is 7.01. The Labute approximate surface area is 177 Å². The van der Waals surface area contributed by atoms with E-state index in [0.717, 1.165) is 16.7 Å². The lowest BCUT2D eigenvalue weighted by molar-refractivity contribution is -0.131. The first kappa shape index (κ1) is 21.3. The van der Waals surface area contributed by atoms with Crippen molar-refractivity contribution >= 4 is 11.8 Å². The number of benzene rings is 2. The maximum absolute atomic E-state index is 13.1. The van der Waals surface area contributed by atoms with E-state index in [9.17, 15) is 9.59 Å². The molecular formula is C24H28N4O2. The quantitative estimate of drug-likeness (QED) is 0.577. The SMILES string of the molecule is CCN(CC)C(=O)CN(C)C(=O)c1ccccc1-c1ccc(Cn2cccn2)cc1. The first-order valence-corrected chi connectivity index (χ1v) is 10.2. The van der Waals surface area contributed by atoms with Crippen molar-refractivity contribution in [1.29, 1.82) is 0 Å². The average Bonchev–Trinajstić information content (AvgIpc) is 3.27. The number of hydrogen-bond acceptors (Lipinski definition) is 3. The van der Waals surface area contributed by atoms with Crippen LogP contribution in [0.3, 0.4) is 0 Å². The highest BCUT2D eigenvalue weighted by atomic mass is 16.2. The fourth-order valence-corrected chi connectivity index (χ4v) is 3.45. The van der Waals surface area contributed by atoms with Gasteiger partial charge in [-0.15, -0.1) is 0 Å². The number of hydrogen-bond donors (Lipinski definition) is 0. The highest BCUT2D eigenvalue weighted by Gasteiger charge is 2.20. The monoisotopic (exact) mass is 404 g/mol. The Bertz CT molecular complexity index is 977. The van der Waals surface area contributed by atoms with Crippen molar-refractivity contribution < 1.29 is 9.59 Å². The van der Waals surface area contributed by atoms with Gasteiger partial charge in [-0.25, -0.2) is 0 Å². The van der Waals surface area contributed by atoms with Crippen molar-refractivity contribution in [3.63, 3.8) is 0 Å². The van der Waals surface area contributed by atoms with Gasteiger partial charge in [-0.2, -0.15) is 5.10 Å².